The summed E-state index contributed by atoms with van der Waals surface area (Å²) in [5.41, 5.74) is 2.64. The summed E-state index contributed by atoms with van der Waals surface area (Å²) in [6.07, 6.45) is 0. The largest absolute Gasteiger partial charge is 0.497 e. The molecular formula is C17H21N3O2. The van der Waals surface area contributed by atoms with E-state index in [0.29, 0.717) is 6.54 Å². The van der Waals surface area contributed by atoms with Gasteiger partial charge in [-0.3, -0.25) is 0 Å². The van der Waals surface area contributed by atoms with Crippen LogP contribution >= 0.6 is 0 Å². The minimum Gasteiger partial charge on any atom is -0.497 e. The van der Waals surface area contributed by atoms with E-state index < -0.39 is 0 Å². The van der Waals surface area contributed by atoms with Gasteiger partial charge in [0.15, 0.2) is 0 Å². The minimum absolute atomic E-state index is 0.146. The van der Waals surface area contributed by atoms with Gasteiger partial charge >= 0.3 is 0 Å². The quantitative estimate of drug-likeness (QED) is 0.788. The third kappa shape index (κ3) is 4.30. The molecule has 0 bridgehead atoms. The topological polar surface area (TPSA) is 57.4 Å². The van der Waals surface area contributed by atoms with Crippen LogP contribution in [0.15, 0.2) is 58.8 Å². The van der Waals surface area contributed by atoms with Gasteiger partial charge in [-0.2, -0.15) is 10.2 Å². The summed E-state index contributed by atoms with van der Waals surface area (Å²) in [5.74, 6) is 0.798. The van der Waals surface area contributed by atoms with E-state index in [1.807, 2.05) is 48.5 Å². The summed E-state index contributed by atoms with van der Waals surface area (Å²) < 4.78 is 5.10. The first-order valence-corrected chi connectivity index (χ1v) is 7.28. The molecule has 0 atom stereocenters. The molecule has 1 N–H and O–H groups in total. The van der Waals surface area contributed by atoms with Crippen molar-refractivity contribution in [2.75, 3.05) is 31.7 Å². The lowest BCUT2D eigenvalue weighted by Crippen LogP contribution is -2.25. The summed E-state index contributed by atoms with van der Waals surface area (Å²) >= 11 is 0. The van der Waals surface area contributed by atoms with Crippen LogP contribution in [0, 0.1) is 0 Å². The Bertz CT molecular complexity index is 594. The van der Waals surface area contributed by atoms with Crippen LogP contribution in [-0.2, 0) is 0 Å². The molecule has 0 radical (unpaired) electrons. The number of nitrogens with zero attached hydrogens (tertiary/aromatic N) is 3. The molecule has 5 nitrogen and oxygen atoms in total. The predicted molar refractivity (Wildman–Crippen MR) is 88.6 cm³/mol. The van der Waals surface area contributed by atoms with Gasteiger partial charge in [-0.25, -0.2) is 0 Å². The Hall–Kier alpha value is -2.40. The van der Waals surface area contributed by atoms with Crippen molar-refractivity contribution in [1.29, 1.82) is 0 Å². The first-order chi connectivity index (χ1) is 10.8. The van der Waals surface area contributed by atoms with E-state index in [0.717, 1.165) is 29.4 Å². The maximum absolute atomic E-state index is 9.05. The number of methoxy groups -OCH3 is 1. The highest BCUT2D eigenvalue weighted by molar-refractivity contribution is 5.53. The number of azo groups is 1. The van der Waals surface area contributed by atoms with E-state index in [2.05, 4.69) is 22.1 Å². The Morgan fingerprint density at radius 3 is 1.95 bits per heavy atom. The summed E-state index contributed by atoms with van der Waals surface area (Å²) in [7, 11) is 1.63. The molecule has 0 saturated heterocycles. The molecule has 2 aromatic carbocycles. The highest BCUT2D eigenvalue weighted by Crippen LogP contribution is 2.23. The fourth-order valence-electron chi connectivity index (χ4n) is 2.08. The van der Waals surface area contributed by atoms with E-state index in [9.17, 15) is 0 Å². The highest BCUT2D eigenvalue weighted by Gasteiger charge is 2.02. The maximum atomic E-state index is 9.05. The summed E-state index contributed by atoms with van der Waals surface area (Å²) in [6.45, 7) is 3.69. The molecule has 0 aliphatic rings. The molecule has 0 unspecified atom stereocenters. The third-order valence-corrected chi connectivity index (χ3v) is 3.32. The van der Waals surface area contributed by atoms with Gasteiger partial charge in [-0.15, -0.1) is 0 Å². The molecule has 22 heavy (non-hydrogen) atoms. The number of aliphatic hydroxyl groups is 1. The maximum Gasteiger partial charge on any atom is 0.119 e. The van der Waals surface area contributed by atoms with Crippen molar-refractivity contribution in [3.05, 3.63) is 48.5 Å². The van der Waals surface area contributed by atoms with Crippen molar-refractivity contribution in [2.45, 2.75) is 6.92 Å². The fraction of sp³-hybridized carbons (Fsp3) is 0.294. The van der Waals surface area contributed by atoms with Crippen LogP contribution in [0.5, 0.6) is 5.75 Å². The first kappa shape index (κ1) is 16.0. The summed E-state index contributed by atoms with van der Waals surface area (Å²) in [5, 5.41) is 17.5. The van der Waals surface area contributed by atoms with E-state index >= 15 is 0 Å². The zero-order chi connectivity index (χ0) is 15.8. The Kier molecular flexibility index (Phi) is 5.91. The number of ether oxygens (including phenoxy) is 1. The number of rotatable bonds is 7. The third-order valence-electron chi connectivity index (χ3n) is 3.32. The van der Waals surface area contributed by atoms with Gasteiger partial charge < -0.3 is 14.7 Å². The molecule has 0 spiro atoms. The molecule has 116 valence electrons. The molecule has 0 fully saturated rings. The summed E-state index contributed by atoms with van der Waals surface area (Å²) in [4.78, 5) is 2.10. The van der Waals surface area contributed by atoms with Crippen molar-refractivity contribution in [1.82, 2.24) is 0 Å². The Balaban J connectivity index is 2.05. The number of likely N-dealkylation sites (N-methyl/N-ethyl adjacent to an activating group) is 1. The van der Waals surface area contributed by atoms with E-state index in [4.69, 9.17) is 9.84 Å². The monoisotopic (exact) mass is 299 g/mol. The van der Waals surface area contributed by atoms with Crippen LogP contribution in [0.3, 0.4) is 0 Å². The molecule has 0 heterocycles. The van der Waals surface area contributed by atoms with Crippen LogP contribution in [0.1, 0.15) is 6.92 Å². The molecular weight excluding hydrogens is 278 g/mol. The average molecular weight is 299 g/mol. The van der Waals surface area contributed by atoms with Crippen LogP contribution in [0.25, 0.3) is 0 Å². The highest BCUT2D eigenvalue weighted by atomic mass is 16.5. The lowest BCUT2D eigenvalue weighted by molar-refractivity contribution is 0.302. The molecule has 0 aliphatic heterocycles. The van der Waals surface area contributed by atoms with Crippen molar-refractivity contribution < 1.29 is 9.84 Å². The standard InChI is InChI=1S/C17H21N3O2/c1-3-20(12-13-21)16-8-4-14(5-9-16)18-19-15-6-10-17(22-2)11-7-15/h4-11,21H,3,12-13H2,1-2H3. The molecule has 0 amide bonds. The van der Waals surface area contributed by atoms with Crippen molar-refractivity contribution in [3.63, 3.8) is 0 Å². The van der Waals surface area contributed by atoms with Gasteiger partial charge in [0.2, 0.25) is 0 Å². The van der Waals surface area contributed by atoms with Crippen molar-refractivity contribution in [3.8, 4) is 5.75 Å². The number of anilines is 1. The van der Waals surface area contributed by atoms with Crippen molar-refractivity contribution in [2.24, 2.45) is 10.2 Å². The lowest BCUT2D eigenvalue weighted by atomic mass is 10.2. The molecule has 2 aromatic rings. The zero-order valence-electron chi connectivity index (χ0n) is 12.9. The SMILES string of the molecule is CCN(CCO)c1ccc(N=Nc2ccc(OC)cc2)cc1. The number of hydrogen-bond donors (Lipinski definition) is 1. The van der Waals surface area contributed by atoms with Crippen LogP contribution in [0.2, 0.25) is 0 Å². The molecule has 0 aromatic heterocycles. The smallest absolute Gasteiger partial charge is 0.119 e. The van der Waals surface area contributed by atoms with Gasteiger partial charge in [-0.05, 0) is 55.5 Å². The van der Waals surface area contributed by atoms with Gasteiger partial charge in [0.1, 0.15) is 5.75 Å². The number of hydrogen-bond acceptors (Lipinski definition) is 5. The molecule has 5 heteroatoms. The number of aliphatic hydroxyl groups excluding tert-OH is 1. The molecule has 0 aliphatic carbocycles. The molecule has 0 saturated carbocycles. The normalized spacial score (nSPS) is 10.9. The average Bonchev–Trinajstić information content (AvgIpc) is 2.59. The van der Waals surface area contributed by atoms with Crippen LogP contribution < -0.4 is 9.64 Å². The zero-order valence-corrected chi connectivity index (χ0v) is 12.9. The van der Waals surface area contributed by atoms with E-state index in [-0.39, 0.29) is 6.61 Å². The number of benzene rings is 2. The second kappa shape index (κ2) is 8.14. The van der Waals surface area contributed by atoms with Gasteiger partial charge in [0, 0.05) is 18.8 Å². The van der Waals surface area contributed by atoms with E-state index in [1.165, 1.54) is 0 Å². The second-order valence-corrected chi connectivity index (χ2v) is 4.72. The van der Waals surface area contributed by atoms with E-state index in [1.54, 1.807) is 7.11 Å². The van der Waals surface area contributed by atoms with Crippen LogP contribution in [-0.4, -0.2) is 31.9 Å². The fourth-order valence-corrected chi connectivity index (χ4v) is 2.08. The molecule has 2 rings (SSSR count). The van der Waals surface area contributed by atoms with Crippen LogP contribution in [0.4, 0.5) is 17.1 Å². The Labute approximate surface area is 130 Å². The predicted octanol–water partition coefficient (Wildman–Crippen LogP) is 3.93. The minimum atomic E-state index is 0.146. The van der Waals surface area contributed by atoms with Crippen molar-refractivity contribution >= 4 is 17.1 Å². The first-order valence-electron chi connectivity index (χ1n) is 7.28. The Morgan fingerprint density at radius 1 is 0.955 bits per heavy atom. The van der Waals surface area contributed by atoms with Gasteiger partial charge in [0.05, 0.1) is 25.1 Å². The van der Waals surface area contributed by atoms with Gasteiger partial charge in [0.25, 0.3) is 0 Å². The lowest BCUT2D eigenvalue weighted by Gasteiger charge is -2.21. The second-order valence-electron chi connectivity index (χ2n) is 4.72. The Morgan fingerprint density at radius 2 is 1.50 bits per heavy atom. The summed E-state index contributed by atoms with van der Waals surface area (Å²) in [6, 6.07) is 15.2. The van der Waals surface area contributed by atoms with Gasteiger partial charge in [-0.1, -0.05) is 0 Å².